The van der Waals surface area contributed by atoms with Crippen LogP contribution in [0.5, 0.6) is 0 Å². The van der Waals surface area contributed by atoms with E-state index in [2.05, 4.69) is 0 Å². The van der Waals surface area contributed by atoms with Crippen molar-refractivity contribution in [2.45, 2.75) is 38.2 Å². The van der Waals surface area contributed by atoms with E-state index in [1.54, 1.807) is 0 Å². The van der Waals surface area contributed by atoms with Crippen molar-refractivity contribution in [3.63, 3.8) is 0 Å². The summed E-state index contributed by atoms with van der Waals surface area (Å²) in [6.45, 7) is 0. The second-order valence-corrected chi connectivity index (χ2v) is 4.25. The van der Waals surface area contributed by atoms with Crippen molar-refractivity contribution in [1.82, 2.24) is 0 Å². The molecule has 70 valence electrons. The molecular formula is C8H16O3P+. The van der Waals surface area contributed by atoms with Crippen LogP contribution in [0.15, 0.2) is 0 Å². The molecule has 0 aromatic carbocycles. The van der Waals surface area contributed by atoms with Crippen LogP contribution in [-0.4, -0.2) is 19.6 Å². The SMILES string of the molecule is COC[P+](=O)OC1CCCCC1. The molecule has 0 aromatic heterocycles. The van der Waals surface area contributed by atoms with E-state index in [4.69, 9.17) is 9.26 Å². The standard InChI is InChI=1S/C8H16O3P/c1-10-7-12(9)11-8-5-3-2-4-6-8/h8H,2-7H2,1H3/q+1. The van der Waals surface area contributed by atoms with Gasteiger partial charge in [0.1, 0.15) is 6.10 Å². The molecule has 1 saturated carbocycles. The molecule has 0 aliphatic heterocycles. The van der Waals surface area contributed by atoms with Gasteiger partial charge in [-0.25, -0.2) is 0 Å². The van der Waals surface area contributed by atoms with Crippen molar-refractivity contribution in [1.29, 1.82) is 0 Å². The van der Waals surface area contributed by atoms with Crippen LogP contribution in [0.1, 0.15) is 32.1 Å². The summed E-state index contributed by atoms with van der Waals surface area (Å²) in [5.74, 6) is 0. The van der Waals surface area contributed by atoms with Gasteiger partial charge in [-0.1, -0.05) is 19.3 Å². The van der Waals surface area contributed by atoms with Gasteiger partial charge in [-0.2, -0.15) is 0 Å². The molecule has 1 aliphatic carbocycles. The zero-order valence-electron chi connectivity index (χ0n) is 7.49. The van der Waals surface area contributed by atoms with Gasteiger partial charge >= 0.3 is 8.03 Å². The molecule has 1 fully saturated rings. The predicted molar refractivity (Wildman–Crippen MR) is 47.4 cm³/mol. The van der Waals surface area contributed by atoms with E-state index in [1.165, 1.54) is 26.4 Å². The van der Waals surface area contributed by atoms with Crippen molar-refractivity contribution < 1.29 is 13.8 Å². The topological polar surface area (TPSA) is 35.5 Å². The molecule has 1 rings (SSSR count). The van der Waals surface area contributed by atoms with E-state index in [1.807, 2.05) is 0 Å². The quantitative estimate of drug-likeness (QED) is 0.641. The lowest BCUT2D eigenvalue weighted by molar-refractivity contribution is 0.151. The Labute approximate surface area is 74.3 Å². The largest absolute Gasteiger partial charge is 0.537 e. The molecule has 0 N–H and O–H groups in total. The maximum atomic E-state index is 11.1. The van der Waals surface area contributed by atoms with Gasteiger partial charge in [-0.05, 0) is 17.4 Å². The summed E-state index contributed by atoms with van der Waals surface area (Å²) < 4.78 is 21.2. The smallest absolute Gasteiger partial charge is 0.338 e. The van der Waals surface area contributed by atoms with Crippen LogP contribution >= 0.6 is 8.03 Å². The first-order valence-corrected chi connectivity index (χ1v) is 5.79. The van der Waals surface area contributed by atoms with Gasteiger partial charge in [0.15, 0.2) is 0 Å². The van der Waals surface area contributed by atoms with E-state index in [0.717, 1.165) is 12.8 Å². The normalized spacial score (nSPS) is 20.9. The first-order chi connectivity index (χ1) is 5.83. The van der Waals surface area contributed by atoms with Crippen LogP contribution in [0.25, 0.3) is 0 Å². The van der Waals surface area contributed by atoms with Gasteiger partial charge in [-0.15, -0.1) is 4.52 Å². The fourth-order valence-corrected chi connectivity index (χ4v) is 2.29. The number of hydrogen-bond acceptors (Lipinski definition) is 3. The molecule has 1 atom stereocenters. The minimum absolute atomic E-state index is 0.220. The summed E-state index contributed by atoms with van der Waals surface area (Å²) >= 11 is 0. The third-order valence-electron chi connectivity index (χ3n) is 2.05. The molecule has 0 amide bonds. The molecule has 3 nitrogen and oxygen atoms in total. The van der Waals surface area contributed by atoms with E-state index in [-0.39, 0.29) is 12.5 Å². The number of rotatable bonds is 4. The highest BCUT2D eigenvalue weighted by molar-refractivity contribution is 7.38. The second kappa shape index (κ2) is 5.63. The molecule has 0 heterocycles. The minimum atomic E-state index is -1.58. The van der Waals surface area contributed by atoms with Gasteiger partial charge in [-0.3, -0.25) is 0 Å². The maximum absolute atomic E-state index is 11.1. The molecular weight excluding hydrogens is 175 g/mol. The molecule has 0 saturated heterocycles. The molecule has 1 aliphatic rings. The van der Waals surface area contributed by atoms with E-state index in [0.29, 0.717) is 0 Å². The number of hydrogen-bond donors (Lipinski definition) is 0. The van der Waals surface area contributed by atoms with Gasteiger partial charge in [0.05, 0.1) is 0 Å². The van der Waals surface area contributed by atoms with Crippen LogP contribution in [0.3, 0.4) is 0 Å². The van der Waals surface area contributed by atoms with Gasteiger partial charge in [0.25, 0.3) is 6.35 Å². The monoisotopic (exact) mass is 191 g/mol. The van der Waals surface area contributed by atoms with Gasteiger partial charge in [0.2, 0.25) is 0 Å². The first-order valence-electron chi connectivity index (χ1n) is 4.43. The second-order valence-electron chi connectivity index (χ2n) is 3.12. The third kappa shape index (κ3) is 3.61. The molecule has 0 radical (unpaired) electrons. The van der Waals surface area contributed by atoms with E-state index < -0.39 is 8.03 Å². The summed E-state index contributed by atoms with van der Waals surface area (Å²) in [5.41, 5.74) is 0. The Bertz CT molecular complexity index is 143. The Morgan fingerprint density at radius 3 is 2.58 bits per heavy atom. The van der Waals surface area contributed by atoms with E-state index in [9.17, 15) is 4.57 Å². The minimum Gasteiger partial charge on any atom is -0.338 e. The molecule has 0 spiro atoms. The lowest BCUT2D eigenvalue weighted by atomic mass is 9.98. The van der Waals surface area contributed by atoms with Gasteiger partial charge < -0.3 is 4.74 Å². The van der Waals surface area contributed by atoms with Gasteiger partial charge in [0, 0.05) is 7.11 Å². The van der Waals surface area contributed by atoms with Crippen molar-refractivity contribution in [2.75, 3.05) is 13.5 Å². The molecule has 0 aromatic rings. The summed E-state index contributed by atoms with van der Waals surface area (Å²) in [4.78, 5) is 0. The Hall–Kier alpha value is 0.0200. The summed E-state index contributed by atoms with van der Waals surface area (Å²) in [7, 11) is -0.0366. The Morgan fingerprint density at radius 1 is 1.33 bits per heavy atom. The highest BCUT2D eigenvalue weighted by Crippen LogP contribution is 2.30. The van der Waals surface area contributed by atoms with Crippen LogP contribution in [-0.2, 0) is 13.8 Å². The van der Waals surface area contributed by atoms with Crippen LogP contribution < -0.4 is 0 Å². The Morgan fingerprint density at radius 2 is 2.00 bits per heavy atom. The average molecular weight is 191 g/mol. The van der Waals surface area contributed by atoms with Crippen molar-refractivity contribution in [3.8, 4) is 0 Å². The fourth-order valence-electron chi connectivity index (χ4n) is 1.47. The predicted octanol–water partition coefficient (Wildman–Crippen LogP) is 2.68. The summed E-state index contributed by atoms with van der Waals surface area (Å²) in [6, 6.07) is 0. The lowest BCUT2D eigenvalue weighted by Gasteiger charge is -2.15. The zero-order valence-corrected chi connectivity index (χ0v) is 8.39. The Balaban J connectivity index is 2.15. The highest BCUT2D eigenvalue weighted by atomic mass is 31.1. The van der Waals surface area contributed by atoms with Crippen molar-refractivity contribution in [3.05, 3.63) is 0 Å². The highest BCUT2D eigenvalue weighted by Gasteiger charge is 2.25. The molecule has 12 heavy (non-hydrogen) atoms. The van der Waals surface area contributed by atoms with Crippen LogP contribution in [0, 0.1) is 0 Å². The maximum Gasteiger partial charge on any atom is 0.537 e. The molecule has 1 unspecified atom stereocenters. The molecule has 0 bridgehead atoms. The summed E-state index contributed by atoms with van der Waals surface area (Å²) in [5, 5.41) is 0. The third-order valence-corrected chi connectivity index (χ3v) is 3.06. The summed E-state index contributed by atoms with van der Waals surface area (Å²) in [6.07, 6.45) is 6.28. The van der Waals surface area contributed by atoms with Crippen LogP contribution in [0.2, 0.25) is 0 Å². The number of methoxy groups -OCH3 is 1. The van der Waals surface area contributed by atoms with E-state index >= 15 is 0 Å². The molecule has 4 heteroatoms. The van der Waals surface area contributed by atoms with Crippen molar-refractivity contribution in [2.24, 2.45) is 0 Å². The average Bonchev–Trinajstić information content (AvgIpc) is 2.06. The number of ether oxygens (including phenoxy) is 1. The first kappa shape index (κ1) is 10.1. The zero-order chi connectivity index (χ0) is 8.81. The Kier molecular flexibility index (Phi) is 4.74. The van der Waals surface area contributed by atoms with Crippen LogP contribution in [0.4, 0.5) is 0 Å². The van der Waals surface area contributed by atoms with Crippen molar-refractivity contribution >= 4 is 8.03 Å². The fraction of sp³-hybridized carbons (Fsp3) is 1.00. The lowest BCUT2D eigenvalue weighted by Crippen LogP contribution is -2.13.